The Balaban J connectivity index is 1.99. The summed E-state index contributed by atoms with van der Waals surface area (Å²) in [5, 5.41) is 14.3. The van der Waals surface area contributed by atoms with Crippen LogP contribution in [0.25, 0.3) is 0 Å². The van der Waals surface area contributed by atoms with E-state index in [-0.39, 0.29) is 16.9 Å². The van der Waals surface area contributed by atoms with E-state index >= 15 is 0 Å². The lowest BCUT2D eigenvalue weighted by Crippen LogP contribution is -2.42. The number of hydrogen-bond donors (Lipinski definition) is 2. The minimum Gasteiger partial charge on any atom is -0.393 e. The van der Waals surface area contributed by atoms with E-state index in [1.807, 2.05) is 24.3 Å². The van der Waals surface area contributed by atoms with Crippen molar-refractivity contribution in [2.24, 2.45) is 10.8 Å². The molecule has 1 aliphatic carbocycles. The summed E-state index contributed by atoms with van der Waals surface area (Å²) in [6.07, 6.45) is 2.74. The molecule has 1 fully saturated rings. The van der Waals surface area contributed by atoms with Gasteiger partial charge >= 0.3 is 0 Å². The molecule has 2 unspecified atom stereocenters. The Hall–Kier alpha value is -0.730. The maximum Gasteiger partial charge on any atom is 0.0551 e. The van der Waals surface area contributed by atoms with Crippen molar-refractivity contribution in [1.82, 2.24) is 0 Å². The van der Waals surface area contributed by atoms with E-state index in [2.05, 4.69) is 26.1 Å². The summed E-state index contributed by atoms with van der Waals surface area (Å²) in [5.41, 5.74) is 1.44. The van der Waals surface area contributed by atoms with Gasteiger partial charge in [-0.1, -0.05) is 32.4 Å². The molecule has 1 aliphatic rings. The lowest BCUT2D eigenvalue weighted by molar-refractivity contribution is -0.00317. The van der Waals surface area contributed by atoms with Gasteiger partial charge < -0.3 is 10.4 Å². The van der Waals surface area contributed by atoms with E-state index in [1.54, 1.807) is 0 Å². The highest BCUT2D eigenvalue weighted by atomic mass is 35.5. The van der Waals surface area contributed by atoms with Crippen LogP contribution in [-0.2, 0) is 0 Å². The number of benzene rings is 1. The molecule has 0 spiro atoms. The zero-order valence-corrected chi connectivity index (χ0v) is 12.8. The van der Waals surface area contributed by atoms with E-state index in [0.717, 1.165) is 36.5 Å². The largest absolute Gasteiger partial charge is 0.393 e. The lowest BCUT2D eigenvalue weighted by Gasteiger charge is -2.45. The number of hydrogen-bond acceptors (Lipinski definition) is 2. The Kier molecular flexibility index (Phi) is 4.12. The molecule has 1 aromatic rings. The van der Waals surface area contributed by atoms with Crippen LogP contribution >= 0.6 is 11.6 Å². The second kappa shape index (κ2) is 5.34. The summed E-state index contributed by atoms with van der Waals surface area (Å²) in [6.45, 7) is 7.64. The molecule has 19 heavy (non-hydrogen) atoms. The van der Waals surface area contributed by atoms with E-state index < -0.39 is 0 Å². The van der Waals surface area contributed by atoms with Crippen molar-refractivity contribution in [2.75, 3.05) is 11.9 Å². The molecule has 2 atom stereocenters. The predicted octanol–water partition coefficient (Wildman–Crippen LogP) is 4.33. The van der Waals surface area contributed by atoms with Gasteiger partial charge in [0.25, 0.3) is 0 Å². The molecule has 3 heteroatoms. The van der Waals surface area contributed by atoms with Crippen LogP contribution < -0.4 is 5.32 Å². The van der Waals surface area contributed by atoms with Crippen molar-refractivity contribution >= 4 is 17.3 Å². The molecular weight excluding hydrogens is 258 g/mol. The number of halogens is 1. The second-order valence-electron chi connectivity index (χ2n) is 7.07. The number of nitrogens with one attached hydrogen (secondary N) is 1. The Labute approximate surface area is 121 Å². The van der Waals surface area contributed by atoms with Crippen molar-refractivity contribution in [3.63, 3.8) is 0 Å². The first-order chi connectivity index (χ1) is 8.78. The molecule has 0 heterocycles. The van der Waals surface area contributed by atoms with Gasteiger partial charge in [0, 0.05) is 17.3 Å². The third-order valence-corrected chi connectivity index (χ3v) is 4.24. The van der Waals surface area contributed by atoms with Crippen molar-refractivity contribution < 1.29 is 5.11 Å². The van der Waals surface area contributed by atoms with E-state index in [0.29, 0.717) is 0 Å². The minimum atomic E-state index is -0.180. The van der Waals surface area contributed by atoms with E-state index in [1.165, 1.54) is 0 Å². The smallest absolute Gasteiger partial charge is 0.0551 e. The van der Waals surface area contributed by atoms with Gasteiger partial charge in [-0.3, -0.25) is 0 Å². The minimum absolute atomic E-state index is 0.140. The fourth-order valence-corrected chi connectivity index (χ4v) is 3.72. The van der Waals surface area contributed by atoms with Crippen LogP contribution in [0.5, 0.6) is 0 Å². The Morgan fingerprint density at radius 3 is 2.42 bits per heavy atom. The van der Waals surface area contributed by atoms with Crippen LogP contribution in [-0.4, -0.2) is 17.8 Å². The molecule has 0 radical (unpaired) electrons. The first kappa shape index (κ1) is 14.7. The molecule has 2 nitrogen and oxygen atoms in total. The van der Waals surface area contributed by atoms with Crippen LogP contribution in [0.4, 0.5) is 5.69 Å². The quantitative estimate of drug-likeness (QED) is 0.864. The van der Waals surface area contributed by atoms with Gasteiger partial charge in [-0.15, -0.1) is 0 Å². The van der Waals surface area contributed by atoms with Gasteiger partial charge in [0.05, 0.1) is 6.10 Å². The molecule has 2 rings (SSSR count). The molecule has 1 aromatic carbocycles. The van der Waals surface area contributed by atoms with Gasteiger partial charge in [0.2, 0.25) is 0 Å². The van der Waals surface area contributed by atoms with Crippen LogP contribution in [0.3, 0.4) is 0 Å². The van der Waals surface area contributed by atoms with E-state index in [9.17, 15) is 5.11 Å². The first-order valence-corrected chi connectivity index (χ1v) is 7.33. The van der Waals surface area contributed by atoms with Gasteiger partial charge in [-0.05, 0) is 54.4 Å². The highest BCUT2D eigenvalue weighted by Crippen LogP contribution is 2.46. The average molecular weight is 282 g/mol. The summed E-state index contributed by atoms with van der Waals surface area (Å²) < 4.78 is 0. The third kappa shape index (κ3) is 4.12. The molecule has 0 bridgehead atoms. The number of anilines is 1. The Morgan fingerprint density at radius 2 is 1.84 bits per heavy atom. The monoisotopic (exact) mass is 281 g/mol. The third-order valence-electron chi connectivity index (χ3n) is 3.99. The van der Waals surface area contributed by atoms with Crippen LogP contribution in [0, 0.1) is 10.8 Å². The van der Waals surface area contributed by atoms with Gasteiger partial charge in [-0.25, -0.2) is 0 Å². The molecule has 2 N–H and O–H groups in total. The number of rotatable bonds is 3. The van der Waals surface area contributed by atoms with Crippen LogP contribution in [0.15, 0.2) is 24.3 Å². The maximum atomic E-state index is 10.1. The molecule has 1 saturated carbocycles. The molecule has 0 aromatic heterocycles. The Morgan fingerprint density at radius 1 is 1.21 bits per heavy atom. The number of aliphatic hydroxyl groups is 1. The number of aliphatic hydroxyl groups excluding tert-OH is 1. The summed E-state index contributed by atoms with van der Waals surface area (Å²) in [5.74, 6) is 0. The summed E-state index contributed by atoms with van der Waals surface area (Å²) in [6, 6.07) is 7.78. The van der Waals surface area contributed by atoms with Crippen molar-refractivity contribution in [3.8, 4) is 0 Å². The fourth-order valence-electron chi connectivity index (χ4n) is 3.60. The van der Waals surface area contributed by atoms with Crippen molar-refractivity contribution in [3.05, 3.63) is 29.3 Å². The fraction of sp³-hybridized carbons (Fsp3) is 0.625. The van der Waals surface area contributed by atoms with Gasteiger partial charge in [0.1, 0.15) is 0 Å². The zero-order valence-electron chi connectivity index (χ0n) is 12.0. The average Bonchev–Trinajstić information content (AvgIpc) is 2.25. The maximum absolute atomic E-state index is 10.1. The second-order valence-corrected chi connectivity index (χ2v) is 7.51. The van der Waals surface area contributed by atoms with Crippen LogP contribution in [0.2, 0.25) is 5.02 Å². The van der Waals surface area contributed by atoms with Crippen molar-refractivity contribution in [1.29, 1.82) is 0 Å². The van der Waals surface area contributed by atoms with Crippen LogP contribution in [0.1, 0.15) is 40.0 Å². The molecular formula is C16H24ClNO. The Bertz CT molecular complexity index is 429. The topological polar surface area (TPSA) is 32.3 Å². The van der Waals surface area contributed by atoms with E-state index in [4.69, 9.17) is 11.6 Å². The summed E-state index contributed by atoms with van der Waals surface area (Å²) >= 11 is 5.88. The van der Waals surface area contributed by atoms with Crippen molar-refractivity contribution in [2.45, 2.75) is 46.1 Å². The lowest BCUT2D eigenvalue weighted by atomic mass is 9.63. The van der Waals surface area contributed by atoms with Gasteiger partial charge in [-0.2, -0.15) is 0 Å². The standard InChI is InChI=1S/C16H24ClNO/c1-15(2)8-14(19)9-16(3,10-15)11-18-13-6-4-12(17)5-7-13/h4-7,14,18-19H,8-11H2,1-3H3. The zero-order chi connectivity index (χ0) is 14.1. The predicted molar refractivity (Wildman–Crippen MR) is 81.7 cm³/mol. The SMILES string of the molecule is CC1(C)CC(O)CC(C)(CNc2ccc(Cl)cc2)C1. The molecule has 0 amide bonds. The highest BCUT2D eigenvalue weighted by Gasteiger charge is 2.40. The summed E-state index contributed by atoms with van der Waals surface area (Å²) in [4.78, 5) is 0. The summed E-state index contributed by atoms with van der Waals surface area (Å²) in [7, 11) is 0. The van der Waals surface area contributed by atoms with Gasteiger partial charge in [0.15, 0.2) is 0 Å². The molecule has 106 valence electrons. The normalized spacial score (nSPS) is 30.1. The molecule has 0 saturated heterocycles. The molecule has 0 aliphatic heterocycles. The first-order valence-electron chi connectivity index (χ1n) is 6.96. The highest BCUT2D eigenvalue weighted by molar-refractivity contribution is 6.30.